The lowest BCUT2D eigenvalue weighted by molar-refractivity contribution is -0.133. The van der Waals surface area contributed by atoms with Gasteiger partial charge in [0.05, 0.1) is 21.8 Å². The number of imidazole rings is 1. The molecule has 0 atom stereocenters. The summed E-state index contributed by atoms with van der Waals surface area (Å²) in [6.45, 7) is -0.194. The fourth-order valence-electron chi connectivity index (χ4n) is 1.64. The number of fused-ring (bicyclic) bond motifs is 1. The molecule has 0 aliphatic carbocycles. The van der Waals surface area contributed by atoms with Crippen molar-refractivity contribution in [2.24, 2.45) is 5.73 Å². The summed E-state index contributed by atoms with van der Waals surface area (Å²) >= 11 is 6.61. The quantitative estimate of drug-likeness (QED) is 0.814. The van der Waals surface area contributed by atoms with Crippen molar-refractivity contribution < 1.29 is 19.1 Å². The van der Waals surface area contributed by atoms with Crippen molar-refractivity contribution in [3.05, 3.63) is 23.0 Å². The summed E-state index contributed by atoms with van der Waals surface area (Å²) in [7, 11) is 0. The van der Waals surface area contributed by atoms with Crippen LogP contribution >= 0.6 is 23.4 Å². The predicted molar refractivity (Wildman–Crippen MR) is 72.3 cm³/mol. The van der Waals surface area contributed by atoms with E-state index in [1.807, 2.05) is 0 Å². The molecule has 1 aromatic heterocycles. The molecule has 1 heterocycles. The van der Waals surface area contributed by atoms with Crippen molar-refractivity contribution in [2.75, 3.05) is 5.75 Å². The number of carbonyl (C=O) groups excluding carboxylic acids is 1. The molecule has 3 N–H and O–H groups in total. The van der Waals surface area contributed by atoms with Gasteiger partial charge in [0, 0.05) is 6.07 Å². The standard InChI is InChI=1S/C11H9ClFN3O3S/c12-5-1-8-7(2-6(5)13)15-11(20-4-10(18)19)16(8)3-9(14)17/h1-2H,3-4H2,(H2,14,17)(H,18,19). The number of hydrogen-bond donors (Lipinski definition) is 2. The van der Waals surface area contributed by atoms with E-state index in [0.717, 1.165) is 17.8 Å². The Kier molecular flexibility index (Phi) is 4.15. The fourth-order valence-corrected chi connectivity index (χ4v) is 2.54. The Labute approximate surface area is 121 Å². The zero-order valence-corrected chi connectivity index (χ0v) is 11.5. The molecule has 0 spiro atoms. The predicted octanol–water partition coefficient (Wildman–Crippen LogP) is 1.49. The van der Waals surface area contributed by atoms with E-state index in [0.29, 0.717) is 5.52 Å². The number of hydrogen-bond acceptors (Lipinski definition) is 4. The van der Waals surface area contributed by atoms with Crippen LogP contribution in [0.5, 0.6) is 0 Å². The molecular weight excluding hydrogens is 309 g/mol. The molecule has 2 rings (SSSR count). The molecule has 20 heavy (non-hydrogen) atoms. The summed E-state index contributed by atoms with van der Waals surface area (Å²) in [6, 6.07) is 2.45. The number of carbonyl (C=O) groups is 2. The third kappa shape index (κ3) is 3.02. The third-order valence-electron chi connectivity index (χ3n) is 2.39. The van der Waals surface area contributed by atoms with Gasteiger partial charge in [0.25, 0.3) is 0 Å². The lowest BCUT2D eigenvalue weighted by atomic mass is 10.3. The molecule has 9 heteroatoms. The van der Waals surface area contributed by atoms with Crippen LogP contribution in [0, 0.1) is 5.82 Å². The number of halogens is 2. The van der Waals surface area contributed by atoms with Crippen LogP contribution in [0.3, 0.4) is 0 Å². The molecular formula is C11H9ClFN3O3S. The van der Waals surface area contributed by atoms with Crippen molar-refractivity contribution in [1.82, 2.24) is 9.55 Å². The first kappa shape index (κ1) is 14.6. The number of nitrogens with two attached hydrogens (primary N) is 1. The number of thioether (sulfide) groups is 1. The SMILES string of the molecule is NC(=O)Cn1c(SCC(=O)O)nc2cc(F)c(Cl)cc21. The van der Waals surface area contributed by atoms with Crippen LogP contribution in [-0.2, 0) is 16.1 Å². The molecule has 0 aliphatic heterocycles. The Balaban J connectivity index is 2.54. The highest BCUT2D eigenvalue weighted by atomic mass is 35.5. The first-order valence-electron chi connectivity index (χ1n) is 5.36. The minimum absolute atomic E-state index is 0.113. The first-order valence-corrected chi connectivity index (χ1v) is 6.73. The largest absolute Gasteiger partial charge is 0.481 e. The number of aromatic nitrogens is 2. The molecule has 106 valence electrons. The number of rotatable bonds is 5. The number of amides is 1. The number of primary amides is 1. The number of carboxylic acids is 1. The molecule has 0 bridgehead atoms. The normalized spacial score (nSPS) is 10.9. The monoisotopic (exact) mass is 317 g/mol. The van der Waals surface area contributed by atoms with Gasteiger partial charge < -0.3 is 15.4 Å². The minimum atomic E-state index is -1.03. The zero-order valence-electron chi connectivity index (χ0n) is 9.97. The molecule has 0 saturated carbocycles. The molecule has 0 aliphatic rings. The van der Waals surface area contributed by atoms with E-state index < -0.39 is 17.7 Å². The van der Waals surface area contributed by atoms with E-state index >= 15 is 0 Å². The van der Waals surface area contributed by atoms with E-state index in [1.165, 1.54) is 10.6 Å². The number of aliphatic carboxylic acids is 1. The fraction of sp³-hybridized carbons (Fsp3) is 0.182. The van der Waals surface area contributed by atoms with Crippen LogP contribution in [0.25, 0.3) is 11.0 Å². The average molecular weight is 318 g/mol. The van der Waals surface area contributed by atoms with Crippen LogP contribution in [0.1, 0.15) is 0 Å². The maximum atomic E-state index is 13.4. The Bertz CT molecular complexity index is 704. The number of nitrogens with zero attached hydrogens (tertiary/aromatic N) is 2. The van der Waals surface area contributed by atoms with E-state index in [4.69, 9.17) is 22.4 Å². The van der Waals surface area contributed by atoms with Crippen molar-refractivity contribution in [3.8, 4) is 0 Å². The Morgan fingerprint density at radius 3 is 2.80 bits per heavy atom. The molecule has 6 nitrogen and oxygen atoms in total. The van der Waals surface area contributed by atoms with Crippen LogP contribution < -0.4 is 5.73 Å². The van der Waals surface area contributed by atoms with Gasteiger partial charge in [0.2, 0.25) is 5.91 Å². The maximum absolute atomic E-state index is 13.4. The van der Waals surface area contributed by atoms with Crippen LogP contribution in [0.15, 0.2) is 17.3 Å². The smallest absolute Gasteiger partial charge is 0.313 e. The van der Waals surface area contributed by atoms with Gasteiger partial charge in [-0.25, -0.2) is 9.37 Å². The minimum Gasteiger partial charge on any atom is -0.481 e. The van der Waals surface area contributed by atoms with Crippen molar-refractivity contribution in [3.63, 3.8) is 0 Å². The van der Waals surface area contributed by atoms with Gasteiger partial charge in [-0.05, 0) is 6.07 Å². The van der Waals surface area contributed by atoms with Crippen molar-refractivity contribution in [1.29, 1.82) is 0 Å². The van der Waals surface area contributed by atoms with Gasteiger partial charge in [-0.1, -0.05) is 23.4 Å². The van der Waals surface area contributed by atoms with E-state index in [2.05, 4.69) is 4.98 Å². The highest BCUT2D eigenvalue weighted by molar-refractivity contribution is 7.99. The summed E-state index contributed by atoms with van der Waals surface area (Å²) in [5, 5.41) is 8.83. The van der Waals surface area contributed by atoms with E-state index in [-0.39, 0.29) is 28.0 Å². The average Bonchev–Trinajstić information content (AvgIpc) is 2.65. The Morgan fingerprint density at radius 2 is 2.20 bits per heavy atom. The summed E-state index contributed by atoms with van der Waals surface area (Å²) < 4.78 is 14.8. The Hall–Kier alpha value is -1.80. The van der Waals surface area contributed by atoms with Crippen LogP contribution in [-0.4, -0.2) is 32.3 Å². The van der Waals surface area contributed by atoms with Crippen molar-refractivity contribution in [2.45, 2.75) is 11.7 Å². The molecule has 1 aromatic carbocycles. The molecule has 0 unspecified atom stereocenters. The topological polar surface area (TPSA) is 98.2 Å². The summed E-state index contributed by atoms with van der Waals surface area (Å²) in [5.74, 6) is -2.53. The molecule has 2 aromatic rings. The highest BCUT2D eigenvalue weighted by Gasteiger charge is 2.16. The van der Waals surface area contributed by atoms with Gasteiger partial charge in [-0.2, -0.15) is 0 Å². The summed E-state index contributed by atoms with van der Waals surface area (Å²) in [6.07, 6.45) is 0. The van der Waals surface area contributed by atoms with Gasteiger partial charge in [-0.15, -0.1) is 0 Å². The number of carboxylic acid groups (broad SMARTS) is 1. The summed E-state index contributed by atoms with van der Waals surface area (Å²) in [4.78, 5) is 25.8. The lowest BCUT2D eigenvalue weighted by Crippen LogP contribution is -2.19. The second-order valence-corrected chi connectivity index (χ2v) is 5.23. The van der Waals surface area contributed by atoms with Gasteiger partial charge in [0.15, 0.2) is 5.16 Å². The molecule has 1 amide bonds. The van der Waals surface area contributed by atoms with Gasteiger partial charge >= 0.3 is 5.97 Å². The van der Waals surface area contributed by atoms with Gasteiger partial charge in [0.1, 0.15) is 12.4 Å². The number of benzene rings is 1. The highest BCUT2D eigenvalue weighted by Crippen LogP contribution is 2.28. The third-order valence-corrected chi connectivity index (χ3v) is 3.64. The van der Waals surface area contributed by atoms with Crippen molar-refractivity contribution >= 4 is 46.3 Å². The van der Waals surface area contributed by atoms with Gasteiger partial charge in [-0.3, -0.25) is 9.59 Å². The Morgan fingerprint density at radius 1 is 1.50 bits per heavy atom. The second-order valence-electron chi connectivity index (χ2n) is 3.88. The second kappa shape index (κ2) is 5.68. The summed E-state index contributed by atoms with van der Waals surface area (Å²) in [5.41, 5.74) is 5.85. The van der Waals surface area contributed by atoms with E-state index in [9.17, 15) is 14.0 Å². The van der Waals surface area contributed by atoms with Crippen LogP contribution in [0.2, 0.25) is 5.02 Å². The molecule has 0 saturated heterocycles. The zero-order chi connectivity index (χ0) is 14.9. The maximum Gasteiger partial charge on any atom is 0.313 e. The first-order chi connectivity index (χ1) is 9.38. The van der Waals surface area contributed by atoms with E-state index in [1.54, 1.807) is 0 Å². The lowest BCUT2D eigenvalue weighted by Gasteiger charge is -2.05. The molecule has 0 radical (unpaired) electrons. The van der Waals surface area contributed by atoms with Crippen LogP contribution in [0.4, 0.5) is 4.39 Å². The molecule has 0 fully saturated rings.